The van der Waals surface area contributed by atoms with Crippen LogP contribution in [0.4, 0.5) is 0 Å². The van der Waals surface area contributed by atoms with Gasteiger partial charge in [0, 0.05) is 12.2 Å². The van der Waals surface area contributed by atoms with Crippen LogP contribution in [-0.4, -0.2) is 33.3 Å². The summed E-state index contributed by atoms with van der Waals surface area (Å²) in [5.41, 5.74) is 3.13. The van der Waals surface area contributed by atoms with E-state index >= 15 is 0 Å². The fraction of sp³-hybridized carbons (Fsp3) is 0.333. The number of fused-ring (bicyclic) bond motifs is 1. The molecule has 3 rings (SSSR count). The van der Waals surface area contributed by atoms with Crippen LogP contribution in [0.5, 0.6) is 0 Å². The van der Waals surface area contributed by atoms with Gasteiger partial charge in [-0.1, -0.05) is 17.4 Å². The van der Waals surface area contributed by atoms with Gasteiger partial charge in [-0.05, 0) is 44.5 Å². The molecule has 3 aromatic rings. The second-order valence-electron chi connectivity index (χ2n) is 5.92. The van der Waals surface area contributed by atoms with Crippen LogP contribution in [0.1, 0.15) is 28.7 Å². The van der Waals surface area contributed by atoms with Crippen LogP contribution >= 0.6 is 11.3 Å². The van der Waals surface area contributed by atoms with Gasteiger partial charge in [0.25, 0.3) is 5.91 Å². The van der Waals surface area contributed by atoms with Gasteiger partial charge in [0.05, 0.1) is 17.3 Å². The molecule has 8 heteroatoms. The number of carbonyl (C=O) groups excluding carboxylic acids is 2. The summed E-state index contributed by atoms with van der Waals surface area (Å²) in [6, 6.07) is 7.61. The molecule has 7 nitrogen and oxygen atoms in total. The van der Waals surface area contributed by atoms with E-state index in [9.17, 15) is 9.59 Å². The number of hydrogen-bond donors (Lipinski definition) is 0. The number of thiazole rings is 1. The largest absolute Gasteiger partial charge is 0.468 e. The van der Waals surface area contributed by atoms with E-state index in [1.165, 1.54) is 18.4 Å². The molecule has 1 aromatic carbocycles. The Kier molecular flexibility index (Phi) is 5.03. The summed E-state index contributed by atoms with van der Waals surface area (Å²) in [5, 5.41) is 4.28. The van der Waals surface area contributed by atoms with Crippen LogP contribution < -0.4 is 4.80 Å². The molecule has 26 heavy (non-hydrogen) atoms. The summed E-state index contributed by atoms with van der Waals surface area (Å²) >= 11 is 1.36. The minimum Gasteiger partial charge on any atom is -0.468 e. The normalized spacial score (nSPS) is 11.9. The Morgan fingerprint density at radius 3 is 2.69 bits per heavy atom. The van der Waals surface area contributed by atoms with E-state index in [1.54, 1.807) is 15.3 Å². The number of aryl methyl sites for hydroxylation is 3. The summed E-state index contributed by atoms with van der Waals surface area (Å²) in [7, 11) is 1.34. The van der Waals surface area contributed by atoms with Crippen molar-refractivity contribution in [2.45, 2.75) is 33.9 Å². The number of methoxy groups -OCH3 is 1. The molecule has 0 saturated carbocycles. The maximum absolute atomic E-state index is 12.6. The Morgan fingerprint density at radius 1 is 1.27 bits per heavy atom. The number of ether oxygens (including phenoxy) is 1. The van der Waals surface area contributed by atoms with Crippen LogP contribution in [0.25, 0.3) is 10.2 Å². The quantitative estimate of drug-likeness (QED) is 0.659. The average molecular weight is 372 g/mol. The van der Waals surface area contributed by atoms with Crippen molar-refractivity contribution in [2.75, 3.05) is 7.11 Å². The number of rotatable bonds is 4. The molecule has 1 amide bonds. The zero-order chi connectivity index (χ0) is 18.8. The van der Waals surface area contributed by atoms with Crippen LogP contribution in [0.2, 0.25) is 0 Å². The number of carbonyl (C=O) groups is 2. The summed E-state index contributed by atoms with van der Waals surface area (Å²) < 4.78 is 9.18. The maximum atomic E-state index is 12.6. The molecule has 0 atom stereocenters. The SMILES string of the molecule is CCn1nc(C(=O)N=c2sc3cc(C)ccc3n2CC(=O)OC)cc1C. The van der Waals surface area contributed by atoms with Crippen molar-refractivity contribution in [3.8, 4) is 0 Å². The first-order valence-electron chi connectivity index (χ1n) is 8.23. The Hall–Kier alpha value is -2.74. The van der Waals surface area contributed by atoms with Crippen LogP contribution in [0.3, 0.4) is 0 Å². The van der Waals surface area contributed by atoms with Crippen molar-refractivity contribution >= 4 is 33.4 Å². The number of esters is 1. The molecule has 0 radical (unpaired) electrons. The number of aromatic nitrogens is 3. The van der Waals surface area contributed by atoms with E-state index < -0.39 is 11.9 Å². The van der Waals surface area contributed by atoms with Gasteiger partial charge in [0.1, 0.15) is 6.54 Å². The Labute approximate surface area is 154 Å². The monoisotopic (exact) mass is 372 g/mol. The zero-order valence-electron chi connectivity index (χ0n) is 15.1. The van der Waals surface area contributed by atoms with Crippen molar-refractivity contribution < 1.29 is 14.3 Å². The Bertz CT molecular complexity index is 1060. The first kappa shape index (κ1) is 18.1. The van der Waals surface area contributed by atoms with E-state index in [0.29, 0.717) is 17.0 Å². The van der Waals surface area contributed by atoms with Gasteiger partial charge in [-0.15, -0.1) is 0 Å². The third-order valence-electron chi connectivity index (χ3n) is 4.05. The molecule has 0 unspecified atom stereocenters. The minimum atomic E-state index is -0.429. The highest BCUT2D eigenvalue weighted by Crippen LogP contribution is 2.19. The van der Waals surface area contributed by atoms with Gasteiger partial charge in [-0.2, -0.15) is 10.1 Å². The number of benzene rings is 1. The van der Waals surface area contributed by atoms with E-state index in [4.69, 9.17) is 4.74 Å². The van der Waals surface area contributed by atoms with Crippen molar-refractivity contribution in [3.05, 3.63) is 46.0 Å². The zero-order valence-corrected chi connectivity index (χ0v) is 16.0. The van der Waals surface area contributed by atoms with Gasteiger partial charge in [-0.25, -0.2) is 0 Å². The van der Waals surface area contributed by atoms with Gasteiger partial charge in [0.2, 0.25) is 0 Å². The highest BCUT2D eigenvalue weighted by Gasteiger charge is 2.15. The second kappa shape index (κ2) is 7.25. The van der Waals surface area contributed by atoms with Gasteiger partial charge in [-0.3, -0.25) is 14.3 Å². The van der Waals surface area contributed by atoms with Crippen LogP contribution in [0, 0.1) is 13.8 Å². The van der Waals surface area contributed by atoms with Gasteiger partial charge >= 0.3 is 5.97 Å². The lowest BCUT2D eigenvalue weighted by atomic mass is 10.2. The highest BCUT2D eigenvalue weighted by molar-refractivity contribution is 7.16. The van der Waals surface area contributed by atoms with Crippen molar-refractivity contribution in [2.24, 2.45) is 4.99 Å². The summed E-state index contributed by atoms with van der Waals surface area (Å²) in [5.74, 6) is -0.826. The smallest absolute Gasteiger partial charge is 0.325 e. The van der Waals surface area contributed by atoms with Crippen molar-refractivity contribution in [3.63, 3.8) is 0 Å². The molecule has 2 aromatic heterocycles. The molecule has 0 N–H and O–H groups in total. The first-order chi connectivity index (χ1) is 12.4. The van der Waals surface area contributed by atoms with Crippen LogP contribution in [-0.2, 0) is 22.6 Å². The molecule has 0 saturated heterocycles. The van der Waals surface area contributed by atoms with E-state index in [1.807, 2.05) is 39.0 Å². The van der Waals surface area contributed by atoms with Crippen molar-refractivity contribution in [1.82, 2.24) is 14.3 Å². The van der Waals surface area contributed by atoms with E-state index in [0.717, 1.165) is 21.5 Å². The lowest BCUT2D eigenvalue weighted by molar-refractivity contribution is -0.141. The topological polar surface area (TPSA) is 78.5 Å². The second-order valence-corrected chi connectivity index (χ2v) is 6.93. The first-order valence-corrected chi connectivity index (χ1v) is 9.05. The van der Waals surface area contributed by atoms with Crippen LogP contribution in [0.15, 0.2) is 29.3 Å². The van der Waals surface area contributed by atoms with E-state index in [-0.39, 0.29) is 6.54 Å². The third-order valence-corrected chi connectivity index (χ3v) is 5.09. The fourth-order valence-corrected chi connectivity index (χ4v) is 3.82. The molecule has 0 aliphatic rings. The summed E-state index contributed by atoms with van der Waals surface area (Å²) in [4.78, 5) is 29.1. The lowest BCUT2D eigenvalue weighted by Gasteiger charge is -2.03. The molecule has 0 fully saturated rings. The van der Waals surface area contributed by atoms with Gasteiger partial charge in [0.15, 0.2) is 10.5 Å². The third kappa shape index (κ3) is 3.45. The molecule has 0 aliphatic carbocycles. The van der Waals surface area contributed by atoms with Crippen molar-refractivity contribution in [1.29, 1.82) is 0 Å². The molecule has 0 bridgehead atoms. The average Bonchev–Trinajstić information content (AvgIpc) is 3.15. The molecule has 0 aliphatic heterocycles. The highest BCUT2D eigenvalue weighted by atomic mass is 32.1. The van der Waals surface area contributed by atoms with E-state index in [2.05, 4.69) is 10.1 Å². The predicted octanol–water partition coefficient (Wildman–Crippen LogP) is 2.45. The summed E-state index contributed by atoms with van der Waals surface area (Å²) in [6.45, 7) is 6.53. The molecule has 2 heterocycles. The molecule has 0 spiro atoms. The lowest BCUT2D eigenvalue weighted by Crippen LogP contribution is -2.22. The number of amides is 1. The maximum Gasteiger partial charge on any atom is 0.325 e. The Morgan fingerprint density at radius 2 is 2.04 bits per heavy atom. The van der Waals surface area contributed by atoms with Gasteiger partial charge < -0.3 is 9.30 Å². The predicted molar refractivity (Wildman–Crippen MR) is 99.1 cm³/mol. The fourth-order valence-electron chi connectivity index (χ4n) is 2.69. The summed E-state index contributed by atoms with van der Waals surface area (Å²) in [6.07, 6.45) is 0. The Balaban J connectivity index is 2.12. The molecular formula is C18H20N4O3S. The molecule has 136 valence electrons. The number of nitrogens with zero attached hydrogens (tertiary/aromatic N) is 4. The number of hydrogen-bond acceptors (Lipinski definition) is 5. The molecular weight excluding hydrogens is 352 g/mol. The minimum absolute atomic E-state index is 0.00585. The standard InChI is InChI=1S/C18H20N4O3S/c1-5-22-12(3)9-13(20-22)17(24)19-18-21(10-16(23)25-4)14-7-6-11(2)8-15(14)26-18/h6-9H,5,10H2,1-4H3.